The fourth-order valence-corrected chi connectivity index (χ4v) is 2.63. The van der Waals surface area contributed by atoms with Gasteiger partial charge in [0.15, 0.2) is 0 Å². The van der Waals surface area contributed by atoms with Crippen LogP contribution in [-0.4, -0.2) is 25.2 Å². The number of hydrogen-bond donors (Lipinski definition) is 1. The van der Waals surface area contributed by atoms with Crippen molar-refractivity contribution in [3.05, 3.63) is 53.2 Å². The number of hydrogen-bond acceptors (Lipinski definition) is 4. The summed E-state index contributed by atoms with van der Waals surface area (Å²) in [4.78, 5) is 28.9. The van der Waals surface area contributed by atoms with Crippen molar-refractivity contribution < 1.29 is 4.79 Å². The smallest absolute Gasteiger partial charge is 0.261 e. The second kappa shape index (κ2) is 7.29. The van der Waals surface area contributed by atoms with Crippen molar-refractivity contribution in [1.29, 1.82) is 0 Å². The highest BCUT2D eigenvalue weighted by Gasteiger charge is 2.12. The zero-order valence-corrected chi connectivity index (χ0v) is 14.3. The predicted octanol–water partition coefficient (Wildman–Crippen LogP) is 2.59. The number of para-hydroxylation sites is 1. The van der Waals surface area contributed by atoms with Gasteiger partial charge in [0.2, 0.25) is 5.91 Å². The topological polar surface area (TPSA) is 81.8 Å². The zero-order chi connectivity index (χ0) is 17.8. The quantitative estimate of drug-likeness (QED) is 0.748. The second-order valence-electron chi connectivity index (χ2n) is 5.98. The van der Waals surface area contributed by atoms with Gasteiger partial charge in [0.1, 0.15) is 5.82 Å². The molecule has 3 rings (SSSR count). The van der Waals surface area contributed by atoms with Crippen LogP contribution in [0.5, 0.6) is 0 Å². The molecule has 2 heterocycles. The van der Waals surface area contributed by atoms with E-state index in [9.17, 15) is 9.59 Å². The fraction of sp³-hybridized carbons (Fsp3) is 0.333. The van der Waals surface area contributed by atoms with E-state index in [-0.39, 0.29) is 30.5 Å². The zero-order valence-electron chi connectivity index (χ0n) is 14.3. The van der Waals surface area contributed by atoms with Gasteiger partial charge in [0.05, 0.1) is 29.5 Å². The maximum Gasteiger partial charge on any atom is 0.261 e. The van der Waals surface area contributed by atoms with Crippen LogP contribution >= 0.6 is 0 Å². The molecule has 0 saturated heterocycles. The average molecular weight is 339 g/mol. The van der Waals surface area contributed by atoms with E-state index in [0.29, 0.717) is 16.7 Å². The normalized spacial score (nSPS) is 12.2. The van der Waals surface area contributed by atoms with E-state index in [1.807, 2.05) is 13.0 Å². The Bertz CT molecular complexity index is 944. The first-order chi connectivity index (χ1) is 12.1. The maximum absolute atomic E-state index is 12.4. The van der Waals surface area contributed by atoms with Crippen LogP contribution in [0.1, 0.15) is 32.7 Å². The number of fused-ring (bicyclic) bond motifs is 1. The van der Waals surface area contributed by atoms with E-state index in [4.69, 9.17) is 0 Å². The SMILES string of the molecule is CC[C@@H](C)n1nccc1NC(=O)CCn1cnc2ccccc2c1=O. The number of rotatable bonds is 6. The molecule has 130 valence electrons. The molecule has 0 aliphatic carbocycles. The molecule has 1 aromatic carbocycles. The molecule has 0 saturated carbocycles. The van der Waals surface area contributed by atoms with E-state index in [1.54, 1.807) is 35.1 Å². The second-order valence-corrected chi connectivity index (χ2v) is 5.98. The van der Waals surface area contributed by atoms with Crippen LogP contribution in [0.15, 0.2) is 47.7 Å². The van der Waals surface area contributed by atoms with Gasteiger partial charge in [-0.05, 0) is 25.5 Å². The summed E-state index contributed by atoms with van der Waals surface area (Å²) in [6, 6.07) is 9.16. The van der Waals surface area contributed by atoms with Gasteiger partial charge < -0.3 is 5.32 Å². The number of carbonyl (C=O) groups is 1. The number of nitrogens with zero attached hydrogens (tertiary/aromatic N) is 4. The molecule has 3 aromatic rings. The van der Waals surface area contributed by atoms with E-state index < -0.39 is 0 Å². The maximum atomic E-state index is 12.4. The lowest BCUT2D eigenvalue weighted by atomic mass is 10.2. The summed E-state index contributed by atoms with van der Waals surface area (Å²) in [5, 5.41) is 7.66. The molecule has 0 unspecified atom stereocenters. The number of aryl methyl sites for hydroxylation is 1. The molecule has 1 amide bonds. The third kappa shape index (κ3) is 3.60. The number of aromatic nitrogens is 4. The summed E-state index contributed by atoms with van der Waals surface area (Å²) in [5.41, 5.74) is 0.522. The molecule has 0 fully saturated rings. The highest BCUT2D eigenvalue weighted by atomic mass is 16.2. The van der Waals surface area contributed by atoms with Crippen LogP contribution in [0.25, 0.3) is 10.9 Å². The Morgan fingerprint density at radius 2 is 2.08 bits per heavy atom. The van der Waals surface area contributed by atoms with E-state index >= 15 is 0 Å². The first-order valence-corrected chi connectivity index (χ1v) is 8.37. The highest BCUT2D eigenvalue weighted by Crippen LogP contribution is 2.16. The van der Waals surface area contributed by atoms with Crippen molar-refractivity contribution in [2.75, 3.05) is 5.32 Å². The minimum atomic E-state index is -0.162. The number of nitrogens with one attached hydrogen (secondary N) is 1. The lowest BCUT2D eigenvalue weighted by Crippen LogP contribution is -2.24. The molecular weight excluding hydrogens is 318 g/mol. The molecule has 1 atom stereocenters. The number of carbonyl (C=O) groups excluding carboxylic acids is 1. The molecule has 7 heteroatoms. The van der Waals surface area contributed by atoms with Crippen molar-refractivity contribution in [3.63, 3.8) is 0 Å². The first kappa shape index (κ1) is 16.9. The van der Waals surface area contributed by atoms with E-state index in [2.05, 4.69) is 22.3 Å². The Balaban J connectivity index is 1.68. The summed E-state index contributed by atoms with van der Waals surface area (Å²) in [6.45, 7) is 4.39. The minimum absolute atomic E-state index is 0.136. The van der Waals surface area contributed by atoms with Gasteiger partial charge in [-0.1, -0.05) is 19.1 Å². The molecule has 1 N–H and O–H groups in total. The van der Waals surface area contributed by atoms with Gasteiger partial charge in [-0.25, -0.2) is 9.67 Å². The van der Waals surface area contributed by atoms with Crippen molar-refractivity contribution in [2.24, 2.45) is 0 Å². The lowest BCUT2D eigenvalue weighted by molar-refractivity contribution is -0.116. The van der Waals surface area contributed by atoms with Gasteiger partial charge in [-0.15, -0.1) is 0 Å². The Labute approximate surface area is 145 Å². The summed E-state index contributed by atoms with van der Waals surface area (Å²) < 4.78 is 3.26. The van der Waals surface area contributed by atoms with Crippen LogP contribution in [0.2, 0.25) is 0 Å². The number of anilines is 1. The van der Waals surface area contributed by atoms with E-state index in [0.717, 1.165) is 6.42 Å². The van der Waals surface area contributed by atoms with Gasteiger partial charge in [-0.3, -0.25) is 14.2 Å². The Hall–Kier alpha value is -2.96. The standard InChI is InChI=1S/C18H21N5O2/c1-3-13(2)23-16(8-10-20-23)21-17(24)9-11-22-12-19-15-7-5-4-6-14(15)18(22)25/h4-8,10,12-13H,3,9,11H2,1-2H3,(H,21,24)/t13-/m1/s1. The first-order valence-electron chi connectivity index (χ1n) is 8.37. The van der Waals surface area contributed by atoms with Crippen LogP contribution < -0.4 is 10.9 Å². The molecule has 0 aliphatic heterocycles. The van der Waals surface area contributed by atoms with Crippen molar-refractivity contribution in [2.45, 2.75) is 39.3 Å². The molecule has 0 bridgehead atoms. The molecular formula is C18H21N5O2. The number of benzene rings is 1. The Morgan fingerprint density at radius 1 is 1.28 bits per heavy atom. The molecule has 0 radical (unpaired) electrons. The van der Waals surface area contributed by atoms with Gasteiger partial charge >= 0.3 is 0 Å². The van der Waals surface area contributed by atoms with Gasteiger partial charge in [-0.2, -0.15) is 5.10 Å². The third-order valence-corrected chi connectivity index (χ3v) is 4.26. The lowest BCUT2D eigenvalue weighted by Gasteiger charge is -2.14. The molecule has 7 nitrogen and oxygen atoms in total. The van der Waals surface area contributed by atoms with Crippen molar-refractivity contribution >= 4 is 22.6 Å². The van der Waals surface area contributed by atoms with Crippen molar-refractivity contribution in [3.8, 4) is 0 Å². The molecule has 25 heavy (non-hydrogen) atoms. The molecule has 0 aliphatic rings. The summed E-state index contributed by atoms with van der Waals surface area (Å²) in [7, 11) is 0. The van der Waals surface area contributed by atoms with Gasteiger partial charge in [0.25, 0.3) is 5.56 Å². The summed E-state index contributed by atoms with van der Waals surface area (Å²) in [6.07, 6.45) is 4.26. The average Bonchev–Trinajstić information content (AvgIpc) is 3.08. The Kier molecular flexibility index (Phi) is 4.92. The fourth-order valence-electron chi connectivity index (χ4n) is 2.63. The van der Waals surface area contributed by atoms with Crippen LogP contribution in [0.3, 0.4) is 0 Å². The number of amides is 1. The predicted molar refractivity (Wildman–Crippen MR) is 96.5 cm³/mol. The monoisotopic (exact) mass is 339 g/mol. The van der Waals surface area contributed by atoms with Crippen LogP contribution in [0.4, 0.5) is 5.82 Å². The highest BCUT2D eigenvalue weighted by molar-refractivity contribution is 5.89. The van der Waals surface area contributed by atoms with Gasteiger partial charge in [0, 0.05) is 19.0 Å². The largest absolute Gasteiger partial charge is 0.311 e. The Morgan fingerprint density at radius 3 is 2.88 bits per heavy atom. The molecule has 0 spiro atoms. The minimum Gasteiger partial charge on any atom is -0.311 e. The van der Waals surface area contributed by atoms with E-state index in [1.165, 1.54) is 10.9 Å². The molecule has 2 aromatic heterocycles. The third-order valence-electron chi connectivity index (χ3n) is 4.26. The van der Waals surface area contributed by atoms with Crippen LogP contribution in [0, 0.1) is 0 Å². The van der Waals surface area contributed by atoms with Crippen LogP contribution in [-0.2, 0) is 11.3 Å². The summed E-state index contributed by atoms with van der Waals surface area (Å²) >= 11 is 0. The van der Waals surface area contributed by atoms with Crippen molar-refractivity contribution in [1.82, 2.24) is 19.3 Å². The summed E-state index contributed by atoms with van der Waals surface area (Å²) in [5.74, 6) is 0.508.